The Morgan fingerprint density at radius 1 is 1.12 bits per heavy atom. The Morgan fingerprint density at radius 2 is 1.79 bits per heavy atom. The van der Waals surface area contributed by atoms with Crippen LogP contribution in [0.4, 0.5) is 4.79 Å². The number of urea groups is 1. The Hall–Kier alpha value is -3.03. The summed E-state index contributed by atoms with van der Waals surface area (Å²) >= 11 is 0. The molecule has 0 heterocycles. The van der Waals surface area contributed by atoms with Crippen molar-refractivity contribution in [2.45, 2.75) is 6.92 Å². The summed E-state index contributed by atoms with van der Waals surface area (Å²) in [5.41, 5.74) is 0. The maximum atomic E-state index is 11.6. The second-order valence-corrected chi connectivity index (χ2v) is 4.38. The molecule has 0 saturated heterocycles. The van der Waals surface area contributed by atoms with Crippen LogP contribution in [0.3, 0.4) is 0 Å². The highest BCUT2D eigenvalue weighted by atomic mass is 16.6. The van der Waals surface area contributed by atoms with Crippen molar-refractivity contribution in [1.29, 1.82) is 0 Å². The van der Waals surface area contributed by atoms with Crippen LogP contribution >= 0.6 is 0 Å². The fourth-order valence-electron chi connectivity index (χ4n) is 1.54. The molecule has 8 nitrogen and oxygen atoms in total. The Labute approximate surface area is 139 Å². The quantitative estimate of drug-likeness (QED) is 0.515. The van der Waals surface area contributed by atoms with Crippen molar-refractivity contribution in [3.63, 3.8) is 0 Å². The number of amides is 3. The van der Waals surface area contributed by atoms with E-state index in [0.717, 1.165) is 0 Å². The predicted octanol–water partition coefficient (Wildman–Crippen LogP) is 1.02. The van der Waals surface area contributed by atoms with Gasteiger partial charge in [0, 0.05) is 6.54 Å². The molecule has 0 fully saturated rings. The van der Waals surface area contributed by atoms with Crippen LogP contribution in [0, 0.1) is 0 Å². The number of benzene rings is 1. The van der Waals surface area contributed by atoms with Gasteiger partial charge >= 0.3 is 12.0 Å². The molecule has 130 valence electrons. The first-order valence-corrected chi connectivity index (χ1v) is 7.25. The van der Waals surface area contributed by atoms with Crippen molar-refractivity contribution in [3.8, 4) is 11.5 Å². The summed E-state index contributed by atoms with van der Waals surface area (Å²) < 4.78 is 15.4. The highest BCUT2D eigenvalue weighted by Crippen LogP contribution is 2.26. The van der Waals surface area contributed by atoms with Crippen molar-refractivity contribution < 1.29 is 28.6 Å². The molecule has 8 heteroatoms. The maximum absolute atomic E-state index is 11.6. The SMILES string of the molecule is C=CCNC(=O)NC(=O)COC(=O)COc1ccccc1OCC. The van der Waals surface area contributed by atoms with Crippen LogP contribution in [0.5, 0.6) is 11.5 Å². The van der Waals surface area contributed by atoms with Crippen LogP contribution in [0.25, 0.3) is 0 Å². The zero-order valence-electron chi connectivity index (χ0n) is 13.4. The molecule has 0 spiro atoms. The van der Waals surface area contributed by atoms with E-state index in [9.17, 15) is 14.4 Å². The van der Waals surface area contributed by atoms with Gasteiger partial charge in [-0.3, -0.25) is 10.1 Å². The lowest BCUT2D eigenvalue weighted by molar-refractivity contribution is -0.150. The van der Waals surface area contributed by atoms with Gasteiger partial charge in [0.05, 0.1) is 6.61 Å². The molecular weight excluding hydrogens is 316 g/mol. The van der Waals surface area contributed by atoms with Gasteiger partial charge in [0.2, 0.25) is 0 Å². The third kappa shape index (κ3) is 7.30. The number of para-hydroxylation sites is 2. The van der Waals surface area contributed by atoms with E-state index < -0.39 is 24.5 Å². The average Bonchev–Trinajstić information content (AvgIpc) is 2.57. The second kappa shape index (κ2) is 10.7. The lowest BCUT2D eigenvalue weighted by Gasteiger charge is -2.11. The number of rotatable bonds is 9. The topological polar surface area (TPSA) is 103 Å². The average molecular weight is 336 g/mol. The fourth-order valence-corrected chi connectivity index (χ4v) is 1.54. The van der Waals surface area contributed by atoms with E-state index in [1.807, 2.05) is 12.2 Å². The number of nitrogens with one attached hydrogen (secondary N) is 2. The number of ether oxygens (including phenoxy) is 3. The molecule has 0 saturated carbocycles. The standard InChI is InChI=1S/C16H20N2O6/c1-3-9-17-16(21)18-14(19)10-24-15(20)11-23-13-8-6-5-7-12(13)22-4-2/h3,5-8H,1,4,9-11H2,2H3,(H2,17,18,19,21). The largest absolute Gasteiger partial charge is 0.490 e. The zero-order valence-corrected chi connectivity index (χ0v) is 13.4. The summed E-state index contributed by atoms with van der Waals surface area (Å²) in [5.74, 6) is -0.600. The molecule has 3 amide bonds. The molecule has 0 bridgehead atoms. The first-order valence-electron chi connectivity index (χ1n) is 7.25. The molecular formula is C16H20N2O6. The minimum Gasteiger partial charge on any atom is -0.490 e. The van der Waals surface area contributed by atoms with Crippen LogP contribution in [-0.2, 0) is 14.3 Å². The van der Waals surface area contributed by atoms with E-state index in [4.69, 9.17) is 14.2 Å². The summed E-state index contributed by atoms with van der Waals surface area (Å²) in [7, 11) is 0. The summed E-state index contributed by atoms with van der Waals surface area (Å²) in [6, 6.07) is 6.17. The lowest BCUT2D eigenvalue weighted by Crippen LogP contribution is -2.41. The first-order chi connectivity index (χ1) is 11.6. The minimum atomic E-state index is -0.750. The smallest absolute Gasteiger partial charge is 0.344 e. The lowest BCUT2D eigenvalue weighted by atomic mass is 10.3. The molecule has 2 N–H and O–H groups in total. The molecule has 1 aromatic carbocycles. The van der Waals surface area contributed by atoms with Crippen molar-refractivity contribution in [1.82, 2.24) is 10.6 Å². The van der Waals surface area contributed by atoms with E-state index in [-0.39, 0.29) is 13.2 Å². The van der Waals surface area contributed by atoms with Crippen LogP contribution in [0.1, 0.15) is 6.92 Å². The molecule has 0 aromatic heterocycles. The fraction of sp³-hybridized carbons (Fsp3) is 0.312. The van der Waals surface area contributed by atoms with Crippen LogP contribution < -0.4 is 20.1 Å². The molecule has 0 aliphatic heterocycles. The highest BCUT2D eigenvalue weighted by Gasteiger charge is 2.12. The van der Waals surface area contributed by atoms with Gasteiger partial charge in [-0.15, -0.1) is 6.58 Å². The Morgan fingerprint density at radius 3 is 2.42 bits per heavy atom. The number of esters is 1. The van der Waals surface area contributed by atoms with Crippen molar-refractivity contribution in [2.24, 2.45) is 0 Å². The van der Waals surface area contributed by atoms with E-state index in [0.29, 0.717) is 18.1 Å². The van der Waals surface area contributed by atoms with Gasteiger partial charge in [0.25, 0.3) is 5.91 Å². The van der Waals surface area contributed by atoms with E-state index in [2.05, 4.69) is 11.9 Å². The van der Waals surface area contributed by atoms with Gasteiger partial charge in [-0.2, -0.15) is 0 Å². The van der Waals surface area contributed by atoms with E-state index in [1.165, 1.54) is 6.08 Å². The third-order valence-corrected chi connectivity index (χ3v) is 2.52. The number of hydrogen-bond acceptors (Lipinski definition) is 6. The van der Waals surface area contributed by atoms with Crippen LogP contribution in [0.2, 0.25) is 0 Å². The molecule has 1 rings (SSSR count). The number of carbonyl (C=O) groups is 3. The Bertz CT molecular complexity index is 588. The monoisotopic (exact) mass is 336 g/mol. The van der Waals surface area contributed by atoms with Gasteiger partial charge in [-0.25, -0.2) is 9.59 Å². The highest BCUT2D eigenvalue weighted by molar-refractivity contribution is 5.95. The van der Waals surface area contributed by atoms with Gasteiger partial charge in [0.15, 0.2) is 24.7 Å². The summed E-state index contributed by atoms with van der Waals surface area (Å²) in [6.45, 7) is 4.94. The molecule has 1 aromatic rings. The summed E-state index contributed by atoms with van der Waals surface area (Å²) in [5, 5.41) is 4.34. The van der Waals surface area contributed by atoms with E-state index in [1.54, 1.807) is 24.3 Å². The molecule has 0 radical (unpaired) electrons. The first kappa shape index (κ1) is 19.0. The predicted molar refractivity (Wildman–Crippen MR) is 85.8 cm³/mol. The molecule has 0 aliphatic rings. The van der Waals surface area contributed by atoms with E-state index >= 15 is 0 Å². The number of imide groups is 1. The van der Waals surface area contributed by atoms with Gasteiger partial charge in [0.1, 0.15) is 0 Å². The van der Waals surface area contributed by atoms with Crippen LogP contribution in [0.15, 0.2) is 36.9 Å². The second-order valence-electron chi connectivity index (χ2n) is 4.38. The van der Waals surface area contributed by atoms with Crippen molar-refractivity contribution >= 4 is 17.9 Å². The number of hydrogen-bond donors (Lipinski definition) is 2. The number of carbonyl (C=O) groups excluding carboxylic acids is 3. The molecule has 0 aliphatic carbocycles. The minimum absolute atomic E-state index is 0.214. The molecule has 0 atom stereocenters. The van der Waals surface area contributed by atoms with Gasteiger partial charge in [-0.05, 0) is 19.1 Å². The molecule has 0 unspecified atom stereocenters. The zero-order chi connectivity index (χ0) is 17.8. The molecule has 24 heavy (non-hydrogen) atoms. The Kier molecular flexibility index (Phi) is 8.44. The van der Waals surface area contributed by atoms with Crippen molar-refractivity contribution in [3.05, 3.63) is 36.9 Å². The van der Waals surface area contributed by atoms with Crippen LogP contribution in [-0.4, -0.2) is 44.3 Å². The summed E-state index contributed by atoms with van der Waals surface area (Å²) in [6.07, 6.45) is 1.46. The maximum Gasteiger partial charge on any atom is 0.344 e. The van der Waals surface area contributed by atoms with Gasteiger partial charge in [-0.1, -0.05) is 18.2 Å². The summed E-state index contributed by atoms with van der Waals surface area (Å²) in [4.78, 5) is 34.2. The van der Waals surface area contributed by atoms with Crippen molar-refractivity contribution in [2.75, 3.05) is 26.4 Å². The van der Waals surface area contributed by atoms with Gasteiger partial charge < -0.3 is 19.5 Å². The third-order valence-electron chi connectivity index (χ3n) is 2.52. The normalized spacial score (nSPS) is 9.54. The Balaban J connectivity index is 2.33.